The van der Waals surface area contributed by atoms with Gasteiger partial charge in [-0.25, -0.2) is 13.6 Å². The van der Waals surface area contributed by atoms with Crippen LogP contribution in [0.3, 0.4) is 0 Å². The Bertz CT molecular complexity index is 931. The second-order valence-electron chi connectivity index (χ2n) is 7.89. The van der Waals surface area contributed by atoms with Crippen molar-refractivity contribution in [3.05, 3.63) is 52.5 Å². The molecule has 1 fully saturated rings. The molecule has 0 saturated heterocycles. The molecule has 0 bridgehead atoms. The second kappa shape index (κ2) is 6.80. The number of ether oxygens (including phenoxy) is 1. The van der Waals surface area contributed by atoms with E-state index in [1.807, 2.05) is 19.1 Å². The number of amides is 1. The Labute approximate surface area is 160 Å². The maximum Gasteiger partial charge on any atom is 0.251 e. The SMILES string of the molecule is COc1ccc(C(=O)N[C@H]2[C@H](C3C=CC(S(N)(=O)=O)=CC3)C2(C)C)c(C)c1. The monoisotopic (exact) mass is 390 g/mol. The second-order valence-corrected chi connectivity index (χ2v) is 9.45. The first kappa shape index (κ1) is 19.6. The van der Waals surface area contributed by atoms with Crippen LogP contribution in [0.5, 0.6) is 5.75 Å². The zero-order valence-corrected chi connectivity index (χ0v) is 16.8. The number of nitrogens with two attached hydrogens (primary N) is 1. The lowest BCUT2D eigenvalue weighted by Gasteiger charge is -2.16. The fourth-order valence-electron chi connectivity index (χ4n) is 4.08. The van der Waals surface area contributed by atoms with Crippen LogP contribution in [0.15, 0.2) is 41.3 Å². The number of carbonyl (C=O) groups excluding carboxylic acids is 1. The number of hydrogen-bond donors (Lipinski definition) is 2. The fraction of sp³-hybridized carbons (Fsp3) is 0.450. The van der Waals surface area contributed by atoms with Crippen molar-refractivity contribution in [3.63, 3.8) is 0 Å². The minimum Gasteiger partial charge on any atom is -0.497 e. The molecule has 3 atom stereocenters. The summed E-state index contributed by atoms with van der Waals surface area (Å²) >= 11 is 0. The van der Waals surface area contributed by atoms with Gasteiger partial charge in [-0.3, -0.25) is 4.79 Å². The molecular weight excluding hydrogens is 364 g/mol. The van der Waals surface area contributed by atoms with Crippen LogP contribution in [0.1, 0.15) is 36.2 Å². The predicted molar refractivity (Wildman–Crippen MR) is 105 cm³/mol. The lowest BCUT2D eigenvalue weighted by molar-refractivity contribution is 0.0944. The summed E-state index contributed by atoms with van der Waals surface area (Å²) < 4.78 is 28.1. The fourth-order valence-corrected chi connectivity index (χ4v) is 4.68. The normalized spacial score (nSPS) is 26.3. The van der Waals surface area contributed by atoms with Crippen molar-refractivity contribution in [2.24, 2.45) is 22.4 Å². The Morgan fingerprint density at radius 2 is 2.04 bits per heavy atom. The van der Waals surface area contributed by atoms with E-state index in [9.17, 15) is 13.2 Å². The highest BCUT2D eigenvalue weighted by Crippen LogP contribution is 2.57. The number of aryl methyl sites for hydroxylation is 1. The van der Waals surface area contributed by atoms with Crippen LogP contribution in [0.25, 0.3) is 0 Å². The summed E-state index contributed by atoms with van der Waals surface area (Å²) in [5.41, 5.74) is 1.44. The first-order valence-electron chi connectivity index (χ1n) is 8.92. The van der Waals surface area contributed by atoms with Gasteiger partial charge in [0.25, 0.3) is 5.91 Å². The van der Waals surface area contributed by atoms with Crippen LogP contribution in [0.4, 0.5) is 0 Å². The molecule has 0 aromatic heterocycles. The largest absolute Gasteiger partial charge is 0.497 e. The van der Waals surface area contributed by atoms with Crippen molar-refractivity contribution in [1.29, 1.82) is 0 Å². The summed E-state index contributed by atoms with van der Waals surface area (Å²) in [6.07, 6.45) is 5.74. The zero-order valence-electron chi connectivity index (χ0n) is 16.0. The van der Waals surface area contributed by atoms with Gasteiger partial charge < -0.3 is 10.1 Å². The molecule has 146 valence electrons. The van der Waals surface area contributed by atoms with Crippen LogP contribution in [0, 0.1) is 24.2 Å². The van der Waals surface area contributed by atoms with Crippen molar-refractivity contribution in [1.82, 2.24) is 5.32 Å². The molecule has 3 rings (SSSR count). The Hall–Kier alpha value is -2.12. The Balaban J connectivity index is 1.70. The minimum atomic E-state index is -3.67. The molecule has 2 aliphatic carbocycles. The molecule has 7 heteroatoms. The van der Waals surface area contributed by atoms with Crippen LogP contribution in [-0.2, 0) is 10.0 Å². The van der Waals surface area contributed by atoms with E-state index in [4.69, 9.17) is 9.88 Å². The quantitative estimate of drug-likeness (QED) is 0.807. The molecule has 6 nitrogen and oxygen atoms in total. The van der Waals surface area contributed by atoms with Gasteiger partial charge in [0.15, 0.2) is 0 Å². The van der Waals surface area contributed by atoms with E-state index in [0.29, 0.717) is 12.0 Å². The van der Waals surface area contributed by atoms with E-state index in [2.05, 4.69) is 19.2 Å². The van der Waals surface area contributed by atoms with Crippen LogP contribution in [0.2, 0.25) is 0 Å². The summed E-state index contributed by atoms with van der Waals surface area (Å²) in [4.78, 5) is 12.9. The zero-order chi connectivity index (χ0) is 20.0. The number of carbonyl (C=O) groups is 1. The van der Waals surface area contributed by atoms with Gasteiger partial charge in [-0.05, 0) is 60.4 Å². The third-order valence-corrected chi connectivity index (χ3v) is 6.72. The number of nitrogens with one attached hydrogen (secondary N) is 1. The average molecular weight is 391 g/mol. The number of allylic oxidation sites excluding steroid dienone is 3. The van der Waals surface area contributed by atoms with Gasteiger partial charge in [-0.1, -0.05) is 26.0 Å². The first-order chi connectivity index (χ1) is 12.6. The molecule has 0 aliphatic heterocycles. The molecule has 1 aromatic carbocycles. The smallest absolute Gasteiger partial charge is 0.251 e. The average Bonchev–Trinajstić information content (AvgIpc) is 3.13. The highest BCUT2D eigenvalue weighted by molar-refractivity contribution is 7.93. The maximum atomic E-state index is 12.7. The minimum absolute atomic E-state index is 0.0329. The van der Waals surface area contributed by atoms with Crippen molar-refractivity contribution < 1.29 is 17.9 Å². The van der Waals surface area contributed by atoms with Crippen LogP contribution >= 0.6 is 0 Å². The summed E-state index contributed by atoms with van der Waals surface area (Å²) in [5, 5.41) is 8.33. The highest BCUT2D eigenvalue weighted by atomic mass is 32.2. The molecule has 3 N–H and O–H groups in total. The van der Waals surface area contributed by atoms with E-state index in [0.717, 1.165) is 11.3 Å². The van der Waals surface area contributed by atoms with Gasteiger partial charge in [0.1, 0.15) is 5.75 Å². The number of sulfonamides is 1. The summed E-state index contributed by atoms with van der Waals surface area (Å²) in [6.45, 7) is 6.13. The molecule has 1 amide bonds. The molecule has 0 heterocycles. The molecule has 1 saturated carbocycles. The van der Waals surface area contributed by atoms with Crippen LogP contribution in [-0.4, -0.2) is 27.5 Å². The van der Waals surface area contributed by atoms with Gasteiger partial charge in [-0.15, -0.1) is 0 Å². The van der Waals surface area contributed by atoms with Gasteiger partial charge in [0, 0.05) is 11.6 Å². The van der Waals surface area contributed by atoms with Gasteiger partial charge in [0.2, 0.25) is 10.0 Å². The molecule has 1 unspecified atom stereocenters. The van der Waals surface area contributed by atoms with Crippen molar-refractivity contribution in [2.75, 3.05) is 7.11 Å². The Morgan fingerprint density at radius 1 is 1.33 bits per heavy atom. The molecule has 0 radical (unpaired) electrons. The predicted octanol–water partition coefficient (Wildman–Crippen LogP) is 2.51. The number of rotatable bonds is 5. The van der Waals surface area contributed by atoms with Gasteiger partial charge >= 0.3 is 0 Å². The molecule has 0 spiro atoms. The molecule has 27 heavy (non-hydrogen) atoms. The third kappa shape index (κ3) is 3.80. The number of benzene rings is 1. The summed E-state index contributed by atoms with van der Waals surface area (Å²) in [7, 11) is -2.07. The van der Waals surface area contributed by atoms with Crippen molar-refractivity contribution in [3.8, 4) is 5.75 Å². The van der Waals surface area contributed by atoms with Gasteiger partial charge in [0.05, 0.1) is 12.0 Å². The summed E-state index contributed by atoms with van der Waals surface area (Å²) in [6, 6.07) is 5.43. The van der Waals surface area contributed by atoms with Crippen molar-refractivity contribution >= 4 is 15.9 Å². The van der Waals surface area contributed by atoms with E-state index < -0.39 is 10.0 Å². The Kier molecular flexibility index (Phi) is 4.94. The molecule has 1 aromatic rings. The summed E-state index contributed by atoms with van der Waals surface area (Å²) in [5.74, 6) is 1.04. The molecule has 2 aliphatic rings. The topological polar surface area (TPSA) is 98.5 Å². The Morgan fingerprint density at radius 3 is 2.56 bits per heavy atom. The standard InChI is InChI=1S/C20H26N2O4S/c1-12-11-14(26-4)7-10-16(12)19(23)22-18-17(20(18,2)3)13-5-8-15(9-6-13)27(21,24)25/h5,7-11,13,17-18H,6H2,1-4H3,(H,22,23)(H2,21,24,25)/t13?,17-,18-/m0/s1. The number of primary sulfonamides is 1. The first-order valence-corrected chi connectivity index (χ1v) is 10.5. The van der Waals surface area contributed by atoms with E-state index in [1.165, 1.54) is 0 Å². The highest BCUT2D eigenvalue weighted by Gasteiger charge is 2.60. The van der Waals surface area contributed by atoms with E-state index in [-0.39, 0.29) is 34.1 Å². The van der Waals surface area contributed by atoms with E-state index >= 15 is 0 Å². The third-order valence-electron chi connectivity index (χ3n) is 5.76. The van der Waals surface area contributed by atoms with Crippen LogP contribution < -0.4 is 15.2 Å². The maximum absolute atomic E-state index is 12.7. The number of methoxy groups -OCH3 is 1. The van der Waals surface area contributed by atoms with Gasteiger partial charge in [-0.2, -0.15) is 0 Å². The van der Waals surface area contributed by atoms with Crippen molar-refractivity contribution in [2.45, 2.75) is 33.2 Å². The van der Waals surface area contributed by atoms with E-state index in [1.54, 1.807) is 31.4 Å². The molecular formula is C20H26N2O4S. The lowest BCUT2D eigenvalue weighted by atomic mass is 9.91. The lowest BCUT2D eigenvalue weighted by Crippen LogP contribution is -2.30. The number of hydrogen-bond acceptors (Lipinski definition) is 4.